The molecule has 0 aliphatic heterocycles. The first kappa shape index (κ1) is 14.0. The third kappa shape index (κ3) is 2.91. The molecule has 21 heavy (non-hydrogen) atoms. The number of furan rings is 1. The Morgan fingerprint density at radius 1 is 1.14 bits per heavy atom. The lowest BCUT2D eigenvalue weighted by molar-refractivity contribution is 0.0697. The molecule has 1 aromatic heterocycles. The average Bonchev–Trinajstić information content (AvgIpc) is 2.85. The minimum absolute atomic E-state index is 0.243. The maximum Gasteiger partial charge on any atom is 0.339 e. The van der Waals surface area contributed by atoms with Crippen molar-refractivity contribution in [3.8, 4) is 0 Å². The van der Waals surface area contributed by atoms with E-state index >= 15 is 0 Å². The van der Waals surface area contributed by atoms with Gasteiger partial charge in [0.1, 0.15) is 16.9 Å². The number of hydrogen-bond donors (Lipinski definition) is 1. The van der Waals surface area contributed by atoms with Crippen LogP contribution in [0.1, 0.15) is 16.1 Å². The van der Waals surface area contributed by atoms with Crippen LogP contribution >= 0.6 is 23.4 Å². The largest absolute Gasteiger partial charge is 0.478 e. The highest BCUT2D eigenvalue weighted by atomic mass is 35.5. The molecule has 0 fully saturated rings. The highest BCUT2D eigenvalue weighted by Crippen LogP contribution is 2.31. The Hall–Kier alpha value is -1.91. The number of carbonyl (C=O) groups is 1. The van der Waals surface area contributed by atoms with E-state index in [4.69, 9.17) is 16.0 Å². The van der Waals surface area contributed by atoms with Crippen molar-refractivity contribution >= 4 is 40.3 Å². The van der Waals surface area contributed by atoms with Crippen molar-refractivity contribution in [1.29, 1.82) is 0 Å². The van der Waals surface area contributed by atoms with Gasteiger partial charge in [0.05, 0.1) is 5.75 Å². The number of carboxylic acids is 1. The summed E-state index contributed by atoms with van der Waals surface area (Å²) in [5, 5.41) is 10.7. The van der Waals surface area contributed by atoms with E-state index in [9.17, 15) is 9.90 Å². The molecule has 0 unspecified atom stereocenters. The van der Waals surface area contributed by atoms with Crippen molar-refractivity contribution in [2.75, 3.05) is 0 Å². The minimum atomic E-state index is -0.966. The maximum absolute atomic E-state index is 11.5. The highest BCUT2D eigenvalue weighted by molar-refractivity contribution is 7.98. The van der Waals surface area contributed by atoms with Crippen molar-refractivity contribution in [3.63, 3.8) is 0 Å². The molecule has 5 heteroatoms. The van der Waals surface area contributed by atoms with Gasteiger partial charge in [-0.25, -0.2) is 4.79 Å². The topological polar surface area (TPSA) is 50.4 Å². The molecular weight excluding hydrogens is 308 g/mol. The van der Waals surface area contributed by atoms with Crippen molar-refractivity contribution < 1.29 is 14.3 Å². The van der Waals surface area contributed by atoms with Gasteiger partial charge in [-0.05, 0) is 30.3 Å². The lowest BCUT2D eigenvalue weighted by atomic mass is 10.1. The molecule has 0 atom stereocenters. The van der Waals surface area contributed by atoms with Gasteiger partial charge >= 0.3 is 5.97 Å². The van der Waals surface area contributed by atoms with Crippen molar-refractivity contribution in [3.05, 3.63) is 64.9 Å². The second-order valence-corrected chi connectivity index (χ2v) is 5.93. The molecule has 0 aliphatic carbocycles. The van der Waals surface area contributed by atoms with Gasteiger partial charge in [0.25, 0.3) is 0 Å². The monoisotopic (exact) mass is 318 g/mol. The number of fused-ring (bicyclic) bond motifs is 1. The fraction of sp³-hybridized carbons (Fsp3) is 0.0625. The first-order chi connectivity index (χ1) is 10.1. The molecule has 3 aromatic rings. The molecule has 0 saturated carbocycles. The molecule has 0 aliphatic rings. The van der Waals surface area contributed by atoms with E-state index in [1.165, 1.54) is 11.8 Å². The Kier molecular flexibility index (Phi) is 3.90. The van der Waals surface area contributed by atoms with E-state index < -0.39 is 5.97 Å². The zero-order valence-corrected chi connectivity index (χ0v) is 12.4. The first-order valence-electron chi connectivity index (χ1n) is 6.27. The zero-order valence-electron chi connectivity index (χ0n) is 10.9. The average molecular weight is 319 g/mol. The second kappa shape index (κ2) is 5.84. The van der Waals surface area contributed by atoms with Crippen LogP contribution in [0.4, 0.5) is 0 Å². The number of hydrogen-bond acceptors (Lipinski definition) is 3. The van der Waals surface area contributed by atoms with Gasteiger partial charge in [0.2, 0.25) is 0 Å². The summed E-state index contributed by atoms with van der Waals surface area (Å²) in [5.74, 6) is -0.0342. The number of rotatable bonds is 4. The standard InChI is InChI=1S/C16H11ClO3S/c17-10-5-7-11(8-6-10)21-9-14-15(16(18)19)12-3-1-2-4-13(12)20-14/h1-8H,9H2,(H,18,19). The number of thioether (sulfide) groups is 1. The maximum atomic E-state index is 11.5. The molecule has 3 rings (SSSR count). The molecule has 1 heterocycles. The van der Waals surface area contributed by atoms with E-state index in [2.05, 4.69) is 0 Å². The Labute approximate surface area is 130 Å². The van der Waals surface area contributed by atoms with Gasteiger partial charge in [0, 0.05) is 15.3 Å². The summed E-state index contributed by atoms with van der Waals surface area (Å²) in [6.45, 7) is 0. The number of para-hydroxylation sites is 1. The molecule has 2 aromatic carbocycles. The summed E-state index contributed by atoms with van der Waals surface area (Å²) in [6, 6.07) is 14.6. The molecule has 0 radical (unpaired) electrons. The van der Waals surface area contributed by atoms with Crippen molar-refractivity contribution in [1.82, 2.24) is 0 Å². The van der Waals surface area contributed by atoms with Crippen LogP contribution in [0.5, 0.6) is 0 Å². The van der Waals surface area contributed by atoms with Gasteiger partial charge < -0.3 is 9.52 Å². The van der Waals surface area contributed by atoms with Crippen LogP contribution in [0, 0.1) is 0 Å². The molecule has 0 spiro atoms. The fourth-order valence-corrected chi connectivity index (χ4v) is 3.07. The smallest absolute Gasteiger partial charge is 0.339 e. The van der Waals surface area contributed by atoms with Gasteiger partial charge in [-0.1, -0.05) is 29.8 Å². The Bertz CT molecular complexity index is 793. The van der Waals surface area contributed by atoms with E-state index in [0.717, 1.165) is 4.90 Å². The predicted octanol–water partition coefficient (Wildman–Crippen LogP) is 5.08. The van der Waals surface area contributed by atoms with Gasteiger partial charge in [-0.2, -0.15) is 0 Å². The van der Waals surface area contributed by atoms with E-state index in [1.807, 2.05) is 18.2 Å². The van der Waals surface area contributed by atoms with Crippen LogP contribution < -0.4 is 0 Å². The lowest BCUT2D eigenvalue weighted by Gasteiger charge is -2.01. The fourth-order valence-electron chi connectivity index (χ4n) is 2.11. The van der Waals surface area contributed by atoms with Crippen LogP contribution in [-0.2, 0) is 5.75 Å². The van der Waals surface area contributed by atoms with Crippen LogP contribution in [0.2, 0.25) is 5.02 Å². The predicted molar refractivity (Wildman–Crippen MR) is 84.2 cm³/mol. The molecule has 106 valence electrons. The summed E-state index contributed by atoms with van der Waals surface area (Å²) >= 11 is 7.36. The number of benzene rings is 2. The molecule has 0 bridgehead atoms. The van der Waals surface area contributed by atoms with Crippen LogP contribution in [0.15, 0.2) is 57.8 Å². The van der Waals surface area contributed by atoms with Crippen LogP contribution in [0.25, 0.3) is 11.0 Å². The quantitative estimate of drug-likeness (QED) is 0.682. The molecule has 0 saturated heterocycles. The summed E-state index contributed by atoms with van der Waals surface area (Å²) in [7, 11) is 0. The second-order valence-electron chi connectivity index (χ2n) is 4.44. The van der Waals surface area contributed by atoms with E-state index in [0.29, 0.717) is 27.5 Å². The molecule has 1 N–H and O–H groups in total. The summed E-state index contributed by atoms with van der Waals surface area (Å²) < 4.78 is 5.68. The number of halogens is 1. The van der Waals surface area contributed by atoms with Crippen LogP contribution in [0.3, 0.4) is 0 Å². The SMILES string of the molecule is O=C(O)c1c(CSc2ccc(Cl)cc2)oc2ccccc12. The number of aromatic carboxylic acids is 1. The van der Waals surface area contributed by atoms with Gasteiger partial charge in [-0.15, -0.1) is 11.8 Å². The highest BCUT2D eigenvalue weighted by Gasteiger charge is 2.19. The first-order valence-corrected chi connectivity index (χ1v) is 7.63. The van der Waals surface area contributed by atoms with E-state index in [-0.39, 0.29) is 5.56 Å². The van der Waals surface area contributed by atoms with Gasteiger partial charge in [-0.3, -0.25) is 0 Å². The Morgan fingerprint density at radius 3 is 2.57 bits per heavy atom. The van der Waals surface area contributed by atoms with E-state index in [1.54, 1.807) is 30.3 Å². The third-order valence-corrected chi connectivity index (χ3v) is 4.33. The summed E-state index contributed by atoms with van der Waals surface area (Å²) in [4.78, 5) is 12.5. The third-order valence-electron chi connectivity index (χ3n) is 3.07. The van der Waals surface area contributed by atoms with Crippen LogP contribution in [-0.4, -0.2) is 11.1 Å². The Morgan fingerprint density at radius 2 is 1.86 bits per heavy atom. The lowest BCUT2D eigenvalue weighted by Crippen LogP contribution is -1.98. The van der Waals surface area contributed by atoms with Crippen molar-refractivity contribution in [2.45, 2.75) is 10.6 Å². The molecule has 3 nitrogen and oxygen atoms in total. The molecule has 0 amide bonds. The Balaban J connectivity index is 1.91. The molecular formula is C16H11ClO3S. The summed E-state index contributed by atoms with van der Waals surface area (Å²) in [5.41, 5.74) is 0.841. The zero-order chi connectivity index (χ0) is 14.8. The summed E-state index contributed by atoms with van der Waals surface area (Å²) in [6.07, 6.45) is 0. The normalized spacial score (nSPS) is 10.9. The van der Waals surface area contributed by atoms with Gasteiger partial charge in [0.15, 0.2) is 0 Å². The number of carboxylic acid groups (broad SMARTS) is 1. The van der Waals surface area contributed by atoms with Crippen molar-refractivity contribution in [2.24, 2.45) is 0 Å². The minimum Gasteiger partial charge on any atom is -0.478 e.